The molecule has 8 aromatic rings. The molecule has 0 radical (unpaired) electrons. The smallest absolute Gasteiger partial charge is 0.410 e. The van der Waals surface area contributed by atoms with E-state index >= 15 is 0 Å². The highest BCUT2D eigenvalue weighted by Crippen LogP contribution is 2.55. The number of rotatable bonds is 12. The first kappa shape index (κ1) is 81.2. The summed E-state index contributed by atoms with van der Waals surface area (Å²) in [7, 11) is 4.92. The third-order valence-corrected chi connectivity index (χ3v) is 23.2. The lowest BCUT2D eigenvalue weighted by Crippen LogP contribution is -2.65. The van der Waals surface area contributed by atoms with Crippen molar-refractivity contribution in [1.82, 2.24) is 19.6 Å². The lowest BCUT2D eigenvalue weighted by atomic mass is 9.65. The van der Waals surface area contributed by atoms with E-state index in [2.05, 4.69) is 22.8 Å². The van der Waals surface area contributed by atoms with Crippen molar-refractivity contribution in [1.29, 1.82) is 0 Å². The molecule has 1 aliphatic carbocycles. The van der Waals surface area contributed by atoms with Gasteiger partial charge in [-0.3, -0.25) is 24.0 Å². The van der Waals surface area contributed by atoms with Gasteiger partial charge in [-0.15, -0.1) is 0 Å². The molecule has 25 nitrogen and oxygen atoms in total. The topological polar surface area (TPSA) is 265 Å². The Morgan fingerprint density at radius 1 is 0.350 bits per heavy atom. The van der Waals surface area contributed by atoms with Crippen LogP contribution in [0.2, 0.25) is 0 Å². The third-order valence-electron chi connectivity index (χ3n) is 23.2. The predicted octanol–water partition coefficient (Wildman–Crippen LogP) is 14.2. The minimum Gasteiger partial charge on any atom is -0.497 e. The molecule has 9 aliphatic heterocycles. The molecule has 5 fully saturated rings. The van der Waals surface area contributed by atoms with Crippen molar-refractivity contribution < 1.29 is 76.3 Å². The zero-order chi connectivity index (χ0) is 83.1. The van der Waals surface area contributed by atoms with Gasteiger partial charge in [0.2, 0.25) is 29.5 Å². The summed E-state index contributed by atoms with van der Waals surface area (Å²) in [6.07, 6.45) is 1.22. The van der Waals surface area contributed by atoms with Crippen LogP contribution in [0.4, 0.5) is 47.6 Å². The van der Waals surface area contributed by atoms with Gasteiger partial charge in [-0.2, -0.15) is 0 Å². The largest absolute Gasteiger partial charge is 0.497 e. The first-order valence-corrected chi connectivity index (χ1v) is 39.8. The van der Waals surface area contributed by atoms with Crippen LogP contribution in [0.15, 0.2) is 194 Å². The Hall–Kier alpha value is -12.4. The van der Waals surface area contributed by atoms with E-state index in [0.717, 1.165) is 104 Å². The molecule has 5 spiro atoms. The van der Waals surface area contributed by atoms with Gasteiger partial charge in [-0.05, 0) is 186 Å². The van der Waals surface area contributed by atoms with E-state index in [1.165, 1.54) is 5.56 Å². The maximum Gasteiger partial charge on any atom is 0.410 e. The molecule has 9 amide bonds. The average Bonchev–Trinajstić information content (AvgIpc) is 1.59. The molecule has 18 rings (SSSR count). The molecule has 10 aliphatic rings. The molecule has 0 aromatic heterocycles. The van der Waals surface area contributed by atoms with Crippen molar-refractivity contribution in [3.05, 3.63) is 239 Å². The Morgan fingerprint density at radius 3 is 0.897 bits per heavy atom. The predicted molar refractivity (Wildman–Crippen MR) is 442 cm³/mol. The van der Waals surface area contributed by atoms with E-state index in [0.29, 0.717) is 72.0 Å². The Morgan fingerprint density at radius 2 is 0.615 bits per heavy atom. The Balaban J connectivity index is 0.000000122. The number of hydrogen-bond donors (Lipinski definition) is 2. The molecule has 0 atom stereocenters. The van der Waals surface area contributed by atoms with Gasteiger partial charge in [-0.25, -0.2) is 19.2 Å². The zero-order valence-electron chi connectivity index (χ0n) is 68.3. The number of benzene rings is 8. The van der Waals surface area contributed by atoms with Crippen molar-refractivity contribution >= 4 is 82.3 Å². The average molecular weight is 1590 g/mol. The molecule has 0 bridgehead atoms. The van der Waals surface area contributed by atoms with Gasteiger partial charge in [-0.1, -0.05) is 134 Å². The first-order chi connectivity index (χ1) is 56.0. The highest BCUT2D eigenvalue weighted by molar-refractivity contribution is 6.12. The number of anilines is 5. The summed E-state index contributed by atoms with van der Waals surface area (Å²) in [6.45, 7) is 21.0. The van der Waals surface area contributed by atoms with Gasteiger partial charge >= 0.3 is 24.4 Å². The Labute approximate surface area is 682 Å². The fraction of sp³-hybridized carbons (Fsp3) is 0.380. The molecular weight excluding hydrogens is 1490 g/mol. The normalized spacial score (nSPS) is 17.9. The Bertz CT molecular complexity index is 5010. The van der Waals surface area contributed by atoms with Crippen LogP contribution in [-0.2, 0) is 89.6 Å². The Kier molecular flexibility index (Phi) is 22.4. The number of likely N-dealkylation sites (tertiary alicyclic amines) is 4. The lowest BCUT2D eigenvalue weighted by Gasteiger charge is -2.46. The summed E-state index contributed by atoms with van der Waals surface area (Å²) < 4.78 is 36.6. The van der Waals surface area contributed by atoms with Crippen LogP contribution in [0.25, 0.3) is 0 Å². The van der Waals surface area contributed by atoms with E-state index in [9.17, 15) is 43.2 Å². The monoisotopic (exact) mass is 1590 g/mol. The molecule has 610 valence electrons. The standard InChI is InChI=1S/C23H26N2O4.C22H24N2O4.C19H19NO2.2C14H16N2O3/c1-22(2,3)29-21(27)24-14-23(15-24)18-7-5-6-8-19(18)25(20(23)26)13-16-9-11-17(28-4)12-10-16;1-15(2)28-21(26)23-13-22(14-23)18-6-4-5-7-19(18)24(20(22)25)12-16-8-10-17(27-3)11-9-16;1-22-15-9-7-14(8-10-15)13-20-17-6-3-2-5-16(17)19(18(20)21)11-4-12-19;2*1-9(2)19-13(18)16-7-14(8-16)10-5-3-4-6-11(10)15-12(14)17/h5-12H,13-15H2,1-4H3;4-11,15H,12-14H2,1-3H3;2-3,5-10H,4,11-13H2,1H3;2*3-6,9H,7-8H2,1-2H3,(H,15,17). The van der Waals surface area contributed by atoms with Crippen molar-refractivity contribution in [2.45, 2.75) is 152 Å². The molecule has 4 saturated heterocycles. The van der Waals surface area contributed by atoms with Crippen LogP contribution < -0.4 is 39.5 Å². The molecule has 1 saturated carbocycles. The van der Waals surface area contributed by atoms with Crippen LogP contribution >= 0.6 is 0 Å². The maximum absolute atomic E-state index is 13.5. The van der Waals surface area contributed by atoms with E-state index in [-0.39, 0.29) is 77.6 Å². The van der Waals surface area contributed by atoms with Gasteiger partial charge < -0.3 is 78.1 Å². The number of hydrogen-bond acceptors (Lipinski definition) is 16. The number of amides is 9. The number of ether oxygens (including phenoxy) is 7. The van der Waals surface area contributed by atoms with E-state index < -0.39 is 27.3 Å². The van der Waals surface area contributed by atoms with Gasteiger partial charge in [0.15, 0.2) is 0 Å². The van der Waals surface area contributed by atoms with E-state index in [1.54, 1.807) is 40.9 Å². The fourth-order valence-corrected chi connectivity index (χ4v) is 17.1. The number of para-hydroxylation sites is 5. The van der Waals surface area contributed by atoms with Gasteiger partial charge in [0.1, 0.15) is 44.5 Å². The number of nitrogens with zero attached hydrogens (tertiary/aromatic N) is 7. The molecule has 25 heteroatoms. The summed E-state index contributed by atoms with van der Waals surface area (Å²) in [5, 5.41) is 5.75. The minimum absolute atomic E-state index is 0.0257. The molecular formula is C92H101N9O16. The lowest BCUT2D eigenvalue weighted by molar-refractivity contribution is -0.129. The van der Waals surface area contributed by atoms with Gasteiger partial charge in [0, 0.05) is 80.8 Å². The minimum atomic E-state index is -0.681. The highest BCUT2D eigenvalue weighted by atomic mass is 16.6. The number of carbonyl (C=O) groups is 9. The van der Waals surface area contributed by atoms with Crippen LogP contribution in [0.1, 0.15) is 126 Å². The summed E-state index contributed by atoms with van der Waals surface area (Å²) in [5.41, 5.74) is 9.65. The number of fused-ring (bicyclic) bond motifs is 10. The summed E-state index contributed by atoms with van der Waals surface area (Å²) in [4.78, 5) is 124. The summed E-state index contributed by atoms with van der Waals surface area (Å²) >= 11 is 0. The quantitative estimate of drug-likeness (QED) is 0.108. The fourth-order valence-electron chi connectivity index (χ4n) is 17.1. The van der Waals surface area contributed by atoms with Crippen molar-refractivity contribution in [2.24, 2.45) is 0 Å². The molecule has 2 N–H and O–H groups in total. The second-order valence-corrected chi connectivity index (χ2v) is 33.2. The first-order valence-electron chi connectivity index (χ1n) is 39.8. The van der Waals surface area contributed by atoms with Gasteiger partial charge in [0.25, 0.3) is 0 Å². The second kappa shape index (κ2) is 32.3. The summed E-state index contributed by atoms with van der Waals surface area (Å²) in [5.74, 6) is 2.71. The second-order valence-electron chi connectivity index (χ2n) is 33.2. The van der Waals surface area contributed by atoms with Crippen LogP contribution in [0, 0.1) is 0 Å². The third kappa shape index (κ3) is 15.4. The highest BCUT2D eigenvalue weighted by Gasteiger charge is 2.63. The van der Waals surface area contributed by atoms with Gasteiger partial charge in [0.05, 0.1) is 64.7 Å². The molecule has 117 heavy (non-hydrogen) atoms. The number of methoxy groups -OCH3 is 3. The molecule has 9 heterocycles. The van der Waals surface area contributed by atoms with E-state index in [1.807, 2.05) is 259 Å². The van der Waals surface area contributed by atoms with Crippen LogP contribution in [0.5, 0.6) is 17.2 Å². The van der Waals surface area contributed by atoms with Crippen LogP contribution in [0.3, 0.4) is 0 Å². The SMILES string of the molecule is CC(C)OC(=O)N1CC2(C1)C(=O)Nc1ccccc12.CC(C)OC(=O)N1CC2(C1)C(=O)Nc1ccccc12.COc1ccc(CN2C(=O)C3(CCC3)c3ccccc32)cc1.COc1ccc(CN2C(=O)C3(CN(C(=O)OC(C)(C)C)C3)c3ccccc32)cc1.COc1ccc(CN2C(=O)C3(CN(C(=O)OC(C)C)C3)c3ccccc32)cc1. The maximum atomic E-state index is 13.5. The van der Waals surface area contributed by atoms with Crippen molar-refractivity contribution in [2.75, 3.05) is 99.0 Å². The molecule has 8 aromatic carbocycles. The van der Waals surface area contributed by atoms with E-state index in [4.69, 9.17) is 33.2 Å². The van der Waals surface area contributed by atoms with Crippen LogP contribution in [-0.4, -0.2) is 171 Å². The summed E-state index contributed by atoms with van der Waals surface area (Å²) in [6, 6.07) is 62.6. The van der Waals surface area contributed by atoms with Crippen molar-refractivity contribution in [3.63, 3.8) is 0 Å². The number of carbonyl (C=O) groups excluding carboxylic acids is 9. The van der Waals surface area contributed by atoms with Crippen molar-refractivity contribution in [3.8, 4) is 17.2 Å². The zero-order valence-corrected chi connectivity index (χ0v) is 68.3. The number of nitrogens with one attached hydrogen (secondary N) is 2. The molecule has 0 unspecified atom stereocenters.